The molecule has 1 saturated carbocycles. The molecule has 0 radical (unpaired) electrons. The van der Waals surface area contributed by atoms with Gasteiger partial charge in [0.2, 0.25) is 5.91 Å². The first-order valence-corrected chi connectivity index (χ1v) is 10.2. The van der Waals surface area contributed by atoms with Crippen LogP contribution in [0.3, 0.4) is 0 Å². The highest BCUT2D eigenvalue weighted by Crippen LogP contribution is 2.65. The normalized spacial score (nSPS) is 27.0. The number of hydrogen-bond donors (Lipinski definition) is 2. The first-order valence-electron chi connectivity index (χ1n) is 10.2. The minimum atomic E-state index is -0.981. The Morgan fingerprint density at radius 2 is 1.79 bits per heavy atom. The Hall–Kier alpha value is -1.79. The average molecular weight is 397 g/mol. The van der Waals surface area contributed by atoms with Crippen LogP contribution in [0.5, 0.6) is 0 Å². The third-order valence-corrected chi connectivity index (χ3v) is 6.34. The van der Waals surface area contributed by atoms with Gasteiger partial charge < -0.3 is 20.1 Å². The number of alkyl carbamates (subject to hydrolysis) is 1. The van der Waals surface area contributed by atoms with E-state index in [1.165, 1.54) is 4.90 Å². The second-order valence-corrected chi connectivity index (χ2v) is 10.6. The Kier molecular flexibility index (Phi) is 5.81. The van der Waals surface area contributed by atoms with Crippen molar-refractivity contribution in [3.05, 3.63) is 0 Å². The molecule has 7 nitrogen and oxygen atoms in total. The maximum absolute atomic E-state index is 13.3. The van der Waals surface area contributed by atoms with Gasteiger partial charge in [-0.05, 0) is 37.0 Å². The number of ether oxygens (including phenoxy) is 1. The minimum Gasteiger partial charge on any atom is -0.480 e. The van der Waals surface area contributed by atoms with Crippen molar-refractivity contribution in [2.45, 2.75) is 85.9 Å². The van der Waals surface area contributed by atoms with E-state index in [-0.39, 0.29) is 23.2 Å². The van der Waals surface area contributed by atoms with Crippen molar-refractivity contribution in [2.24, 2.45) is 22.7 Å². The summed E-state index contributed by atoms with van der Waals surface area (Å²) in [6.45, 7) is 15.7. The number of likely N-dealkylation sites (tertiary alicyclic amines) is 1. The second-order valence-electron chi connectivity index (χ2n) is 10.6. The first kappa shape index (κ1) is 22.5. The van der Waals surface area contributed by atoms with Crippen LogP contribution in [0, 0.1) is 22.7 Å². The van der Waals surface area contributed by atoms with Gasteiger partial charge in [-0.25, -0.2) is 9.59 Å². The van der Waals surface area contributed by atoms with Crippen LogP contribution < -0.4 is 5.32 Å². The molecular weight excluding hydrogens is 360 g/mol. The summed E-state index contributed by atoms with van der Waals surface area (Å²) in [6, 6.07) is -1.70. The van der Waals surface area contributed by atoms with E-state index < -0.39 is 35.2 Å². The number of carbonyl (C=O) groups excluding carboxylic acids is 2. The van der Waals surface area contributed by atoms with Crippen LogP contribution in [0.25, 0.3) is 0 Å². The van der Waals surface area contributed by atoms with Crippen molar-refractivity contribution in [3.63, 3.8) is 0 Å². The zero-order chi connectivity index (χ0) is 21.7. The summed E-state index contributed by atoms with van der Waals surface area (Å²) >= 11 is 0. The lowest BCUT2D eigenvalue weighted by Gasteiger charge is -2.37. The van der Waals surface area contributed by atoms with E-state index >= 15 is 0 Å². The molecule has 0 aromatic rings. The third kappa shape index (κ3) is 4.28. The number of nitrogens with one attached hydrogen (secondary N) is 1. The maximum Gasteiger partial charge on any atom is 0.408 e. The molecule has 2 rings (SSSR count). The number of rotatable bonds is 6. The van der Waals surface area contributed by atoms with E-state index in [0.29, 0.717) is 13.0 Å². The summed E-state index contributed by atoms with van der Waals surface area (Å²) in [5, 5.41) is 12.4. The standard InChI is InChI=1S/C21H36N2O5/c1-9-10-20(5,6)28-18(27)22-15(19(2,3)4)16(24)23-11-12-13(21(12,7)8)14(23)17(25)26/h12-15H,9-11H2,1-8H3,(H,22,27)(H,25,26)/t12-,13-,14-,15+/m0/s1. The topological polar surface area (TPSA) is 95.9 Å². The van der Waals surface area contributed by atoms with Crippen LogP contribution in [0.4, 0.5) is 4.79 Å². The van der Waals surface area contributed by atoms with Crippen molar-refractivity contribution >= 4 is 18.0 Å². The molecule has 1 aliphatic carbocycles. The number of carbonyl (C=O) groups is 3. The summed E-state index contributed by atoms with van der Waals surface area (Å²) in [6.07, 6.45) is 0.928. The van der Waals surface area contributed by atoms with Crippen LogP contribution in [0.15, 0.2) is 0 Å². The number of hydrogen-bond acceptors (Lipinski definition) is 4. The molecule has 2 fully saturated rings. The molecule has 1 aliphatic heterocycles. The lowest BCUT2D eigenvalue weighted by Crippen LogP contribution is -2.58. The summed E-state index contributed by atoms with van der Waals surface area (Å²) in [7, 11) is 0. The predicted octanol–water partition coefficient (Wildman–Crippen LogP) is 3.27. The highest BCUT2D eigenvalue weighted by Gasteiger charge is 2.70. The van der Waals surface area contributed by atoms with Gasteiger partial charge in [0.05, 0.1) is 0 Å². The molecule has 160 valence electrons. The molecule has 0 spiro atoms. The quantitative estimate of drug-likeness (QED) is 0.718. The Morgan fingerprint density at radius 1 is 1.21 bits per heavy atom. The highest BCUT2D eigenvalue weighted by atomic mass is 16.6. The monoisotopic (exact) mass is 396 g/mol. The van der Waals surface area contributed by atoms with Gasteiger partial charge in [0.15, 0.2) is 0 Å². The van der Waals surface area contributed by atoms with E-state index in [0.717, 1.165) is 6.42 Å². The minimum absolute atomic E-state index is 0.0370. The zero-order valence-corrected chi connectivity index (χ0v) is 18.5. The number of carboxylic acid groups (broad SMARTS) is 1. The molecule has 1 saturated heterocycles. The fraction of sp³-hybridized carbons (Fsp3) is 0.857. The smallest absolute Gasteiger partial charge is 0.408 e. The van der Waals surface area contributed by atoms with Gasteiger partial charge >= 0.3 is 12.1 Å². The van der Waals surface area contributed by atoms with Gasteiger partial charge in [0.25, 0.3) is 0 Å². The summed E-state index contributed by atoms with van der Waals surface area (Å²) in [5.74, 6) is -1.18. The lowest BCUT2D eigenvalue weighted by molar-refractivity contribution is -0.152. The molecule has 0 aromatic heterocycles. The molecule has 7 heteroatoms. The van der Waals surface area contributed by atoms with Crippen LogP contribution in [0.2, 0.25) is 0 Å². The van der Waals surface area contributed by atoms with Crippen molar-refractivity contribution in [2.75, 3.05) is 6.54 Å². The number of carboxylic acids is 1. The fourth-order valence-electron chi connectivity index (χ4n) is 4.66. The molecule has 2 amide bonds. The molecule has 4 atom stereocenters. The van der Waals surface area contributed by atoms with E-state index in [4.69, 9.17) is 4.74 Å². The van der Waals surface area contributed by atoms with Gasteiger partial charge in [0.1, 0.15) is 17.7 Å². The number of aliphatic carboxylic acids is 1. The maximum atomic E-state index is 13.3. The van der Waals surface area contributed by atoms with E-state index in [9.17, 15) is 19.5 Å². The Labute approximate surface area is 168 Å². The van der Waals surface area contributed by atoms with Gasteiger partial charge in [-0.3, -0.25) is 4.79 Å². The number of fused-ring (bicyclic) bond motifs is 1. The Bertz CT molecular complexity index is 650. The fourth-order valence-corrected chi connectivity index (χ4v) is 4.66. The van der Waals surface area contributed by atoms with Crippen LogP contribution >= 0.6 is 0 Å². The second kappa shape index (κ2) is 7.23. The van der Waals surface area contributed by atoms with Crippen molar-refractivity contribution in [3.8, 4) is 0 Å². The third-order valence-electron chi connectivity index (χ3n) is 6.34. The number of nitrogens with zero attached hydrogens (tertiary/aromatic N) is 1. The number of amides is 2. The largest absolute Gasteiger partial charge is 0.480 e. The van der Waals surface area contributed by atoms with E-state index in [2.05, 4.69) is 5.32 Å². The summed E-state index contributed by atoms with van der Waals surface area (Å²) in [4.78, 5) is 39.1. The summed E-state index contributed by atoms with van der Waals surface area (Å²) in [5.41, 5.74) is -1.28. The van der Waals surface area contributed by atoms with Crippen LogP contribution in [-0.4, -0.2) is 52.2 Å². The van der Waals surface area contributed by atoms with Crippen molar-refractivity contribution < 1.29 is 24.2 Å². The number of piperidine rings is 1. The molecule has 28 heavy (non-hydrogen) atoms. The molecule has 2 N–H and O–H groups in total. The lowest BCUT2D eigenvalue weighted by atomic mass is 9.85. The van der Waals surface area contributed by atoms with E-state index in [1.807, 2.05) is 55.4 Å². The zero-order valence-electron chi connectivity index (χ0n) is 18.5. The van der Waals surface area contributed by atoms with Crippen LogP contribution in [-0.2, 0) is 14.3 Å². The van der Waals surface area contributed by atoms with Gasteiger partial charge in [-0.15, -0.1) is 0 Å². The first-order chi connectivity index (χ1) is 12.6. The molecule has 2 aliphatic rings. The highest BCUT2D eigenvalue weighted by molar-refractivity contribution is 5.91. The molecule has 0 unspecified atom stereocenters. The predicted molar refractivity (Wildman–Crippen MR) is 106 cm³/mol. The van der Waals surface area contributed by atoms with Crippen molar-refractivity contribution in [1.82, 2.24) is 10.2 Å². The molecule has 0 aromatic carbocycles. The molecule has 0 bridgehead atoms. The van der Waals surface area contributed by atoms with Crippen LogP contribution in [0.1, 0.15) is 68.2 Å². The van der Waals surface area contributed by atoms with E-state index in [1.54, 1.807) is 0 Å². The molecule has 1 heterocycles. The average Bonchev–Trinajstić information content (AvgIpc) is 2.89. The van der Waals surface area contributed by atoms with Gasteiger partial charge in [-0.2, -0.15) is 0 Å². The SMILES string of the molecule is CCCC(C)(C)OC(=O)N[C@H](C(=O)N1C[C@H]2[C@@H]([C@H]1C(=O)O)C2(C)C)C(C)(C)C. The summed E-state index contributed by atoms with van der Waals surface area (Å²) < 4.78 is 5.52. The Morgan fingerprint density at radius 3 is 2.25 bits per heavy atom. The van der Waals surface area contributed by atoms with Gasteiger partial charge in [0, 0.05) is 12.5 Å². The van der Waals surface area contributed by atoms with Crippen molar-refractivity contribution in [1.29, 1.82) is 0 Å². The van der Waals surface area contributed by atoms with Gasteiger partial charge in [-0.1, -0.05) is 48.0 Å². The molecular formula is C21H36N2O5. The Balaban J connectivity index is 2.17.